The van der Waals surface area contributed by atoms with Gasteiger partial charge in [0.15, 0.2) is 0 Å². The van der Waals surface area contributed by atoms with Crippen LogP contribution >= 0.6 is 0 Å². The van der Waals surface area contributed by atoms with E-state index in [-0.39, 0.29) is 18.5 Å². The molecule has 0 bridgehead atoms. The maximum absolute atomic E-state index is 13.2. The van der Waals surface area contributed by atoms with Crippen molar-refractivity contribution in [1.82, 2.24) is 4.57 Å². The van der Waals surface area contributed by atoms with E-state index < -0.39 is 0 Å². The SMILES string of the molecule is C[C@H](CO)n1ccc2c(-c3ccc(F)cc3N)cccc21. The third-order valence-corrected chi connectivity index (χ3v) is 3.81. The zero-order valence-electron chi connectivity index (χ0n) is 11.8. The molecule has 0 aliphatic heterocycles. The second-order valence-corrected chi connectivity index (χ2v) is 5.22. The van der Waals surface area contributed by atoms with Gasteiger partial charge in [0.25, 0.3) is 0 Å². The molecule has 0 aliphatic carbocycles. The molecule has 1 aromatic heterocycles. The van der Waals surface area contributed by atoms with Crippen LogP contribution in [0.15, 0.2) is 48.7 Å². The summed E-state index contributed by atoms with van der Waals surface area (Å²) in [6, 6.07) is 12.4. The van der Waals surface area contributed by atoms with Gasteiger partial charge in [0.1, 0.15) is 5.82 Å². The normalized spacial score (nSPS) is 12.7. The van der Waals surface area contributed by atoms with E-state index in [9.17, 15) is 9.50 Å². The van der Waals surface area contributed by atoms with Crippen LogP contribution < -0.4 is 5.73 Å². The van der Waals surface area contributed by atoms with Crippen molar-refractivity contribution in [1.29, 1.82) is 0 Å². The van der Waals surface area contributed by atoms with E-state index in [4.69, 9.17) is 5.73 Å². The average Bonchev–Trinajstić information content (AvgIpc) is 2.90. The van der Waals surface area contributed by atoms with E-state index >= 15 is 0 Å². The van der Waals surface area contributed by atoms with Gasteiger partial charge in [-0.15, -0.1) is 0 Å². The second kappa shape index (κ2) is 5.22. The van der Waals surface area contributed by atoms with Gasteiger partial charge >= 0.3 is 0 Å². The fourth-order valence-corrected chi connectivity index (χ4v) is 2.67. The molecule has 1 heterocycles. The van der Waals surface area contributed by atoms with Gasteiger partial charge in [-0.25, -0.2) is 4.39 Å². The van der Waals surface area contributed by atoms with Crippen LogP contribution in [0.25, 0.3) is 22.0 Å². The maximum atomic E-state index is 13.2. The van der Waals surface area contributed by atoms with Gasteiger partial charge in [-0.2, -0.15) is 0 Å². The molecule has 0 amide bonds. The number of anilines is 1. The number of nitrogen functional groups attached to an aromatic ring is 1. The molecular formula is C17H17FN2O. The smallest absolute Gasteiger partial charge is 0.125 e. The number of hydrogen-bond acceptors (Lipinski definition) is 2. The molecule has 3 N–H and O–H groups in total. The highest BCUT2D eigenvalue weighted by Crippen LogP contribution is 2.34. The minimum atomic E-state index is -0.338. The number of nitrogens with zero attached hydrogens (tertiary/aromatic N) is 1. The summed E-state index contributed by atoms with van der Waals surface area (Å²) in [7, 11) is 0. The lowest BCUT2D eigenvalue weighted by Gasteiger charge is -2.13. The van der Waals surface area contributed by atoms with Crippen LogP contribution in [-0.4, -0.2) is 16.3 Å². The summed E-state index contributed by atoms with van der Waals surface area (Å²) in [6.07, 6.45) is 1.95. The Bertz CT molecular complexity index is 795. The molecule has 4 heteroatoms. The maximum Gasteiger partial charge on any atom is 0.125 e. The van der Waals surface area contributed by atoms with Crippen molar-refractivity contribution >= 4 is 16.6 Å². The van der Waals surface area contributed by atoms with Crippen LogP contribution in [0.3, 0.4) is 0 Å². The molecule has 0 spiro atoms. The van der Waals surface area contributed by atoms with Crippen molar-refractivity contribution in [3.8, 4) is 11.1 Å². The van der Waals surface area contributed by atoms with E-state index in [2.05, 4.69) is 0 Å². The standard InChI is InChI=1S/C17H17FN2O/c1-11(10-21)20-8-7-15-13(3-2-4-17(15)20)14-6-5-12(18)9-16(14)19/h2-9,11,21H,10,19H2,1H3/t11-/m1/s1. The van der Waals surface area contributed by atoms with Gasteiger partial charge in [-0.1, -0.05) is 12.1 Å². The van der Waals surface area contributed by atoms with Crippen LogP contribution in [-0.2, 0) is 0 Å². The number of halogens is 1. The van der Waals surface area contributed by atoms with E-state index in [0.29, 0.717) is 5.69 Å². The summed E-state index contributed by atoms with van der Waals surface area (Å²) in [5, 5.41) is 10.4. The molecule has 3 rings (SSSR count). The zero-order valence-corrected chi connectivity index (χ0v) is 11.8. The summed E-state index contributed by atoms with van der Waals surface area (Å²) in [6.45, 7) is 2.03. The molecular weight excluding hydrogens is 267 g/mol. The number of aliphatic hydroxyl groups excluding tert-OH is 1. The molecule has 0 aliphatic rings. The van der Waals surface area contributed by atoms with Crippen molar-refractivity contribution in [2.45, 2.75) is 13.0 Å². The number of nitrogens with two attached hydrogens (primary N) is 1. The molecule has 0 fully saturated rings. The minimum Gasteiger partial charge on any atom is -0.398 e. The van der Waals surface area contributed by atoms with E-state index in [1.807, 2.05) is 42.0 Å². The molecule has 3 nitrogen and oxygen atoms in total. The monoisotopic (exact) mass is 284 g/mol. The molecule has 0 unspecified atom stereocenters. The summed E-state index contributed by atoms with van der Waals surface area (Å²) in [5.41, 5.74) is 9.18. The first-order valence-corrected chi connectivity index (χ1v) is 6.87. The Morgan fingerprint density at radius 1 is 1.19 bits per heavy atom. The van der Waals surface area contributed by atoms with Crippen LogP contribution in [0.2, 0.25) is 0 Å². The highest BCUT2D eigenvalue weighted by Gasteiger charge is 2.12. The summed E-state index contributed by atoms with van der Waals surface area (Å²) >= 11 is 0. The number of rotatable bonds is 3. The molecule has 0 saturated heterocycles. The van der Waals surface area contributed by atoms with Crippen molar-refractivity contribution in [2.75, 3.05) is 12.3 Å². The average molecular weight is 284 g/mol. The summed E-state index contributed by atoms with van der Waals surface area (Å²) in [4.78, 5) is 0. The van der Waals surface area contributed by atoms with Crippen molar-refractivity contribution in [3.05, 3.63) is 54.5 Å². The lowest BCUT2D eigenvalue weighted by atomic mass is 10.00. The van der Waals surface area contributed by atoms with Gasteiger partial charge < -0.3 is 15.4 Å². The third kappa shape index (κ3) is 2.28. The lowest BCUT2D eigenvalue weighted by molar-refractivity contribution is 0.241. The summed E-state index contributed by atoms with van der Waals surface area (Å²) in [5.74, 6) is -0.338. The molecule has 1 atom stereocenters. The molecule has 0 saturated carbocycles. The number of aromatic nitrogens is 1. The number of fused-ring (bicyclic) bond motifs is 1. The second-order valence-electron chi connectivity index (χ2n) is 5.22. The van der Waals surface area contributed by atoms with Crippen molar-refractivity contribution < 1.29 is 9.50 Å². The Balaban J connectivity index is 2.22. The van der Waals surface area contributed by atoms with E-state index in [1.165, 1.54) is 12.1 Å². The Labute approximate surface area is 122 Å². The fraction of sp³-hybridized carbons (Fsp3) is 0.176. The molecule has 3 aromatic rings. The lowest BCUT2D eigenvalue weighted by Crippen LogP contribution is -2.07. The van der Waals surface area contributed by atoms with Crippen LogP contribution in [0.1, 0.15) is 13.0 Å². The van der Waals surface area contributed by atoms with Crippen LogP contribution in [0.5, 0.6) is 0 Å². The quantitative estimate of drug-likeness (QED) is 0.722. The first kappa shape index (κ1) is 13.6. The highest BCUT2D eigenvalue weighted by atomic mass is 19.1. The fourth-order valence-electron chi connectivity index (χ4n) is 2.67. The van der Waals surface area contributed by atoms with Gasteiger partial charge in [-0.3, -0.25) is 0 Å². The Hall–Kier alpha value is -2.33. The molecule has 108 valence electrons. The first-order chi connectivity index (χ1) is 10.1. The van der Waals surface area contributed by atoms with Crippen molar-refractivity contribution in [2.24, 2.45) is 0 Å². The van der Waals surface area contributed by atoms with Gasteiger partial charge in [0.05, 0.1) is 12.6 Å². The van der Waals surface area contributed by atoms with Crippen LogP contribution in [0, 0.1) is 5.82 Å². The Morgan fingerprint density at radius 3 is 2.71 bits per heavy atom. The predicted octanol–water partition coefficient (Wildman–Crippen LogP) is 3.58. The topological polar surface area (TPSA) is 51.2 Å². The van der Waals surface area contributed by atoms with Crippen LogP contribution in [0.4, 0.5) is 10.1 Å². The number of hydrogen-bond donors (Lipinski definition) is 2. The van der Waals surface area contributed by atoms with Gasteiger partial charge in [0, 0.05) is 28.4 Å². The van der Waals surface area contributed by atoms with E-state index in [0.717, 1.165) is 22.0 Å². The van der Waals surface area contributed by atoms with Gasteiger partial charge in [-0.05, 0) is 42.8 Å². The van der Waals surface area contributed by atoms with E-state index in [1.54, 1.807) is 6.07 Å². The first-order valence-electron chi connectivity index (χ1n) is 6.87. The van der Waals surface area contributed by atoms with Crippen molar-refractivity contribution in [3.63, 3.8) is 0 Å². The molecule has 0 radical (unpaired) electrons. The Morgan fingerprint density at radius 2 is 2.00 bits per heavy atom. The number of benzene rings is 2. The predicted molar refractivity (Wildman–Crippen MR) is 83.5 cm³/mol. The molecule has 21 heavy (non-hydrogen) atoms. The molecule has 2 aromatic carbocycles. The van der Waals surface area contributed by atoms with Gasteiger partial charge in [0.2, 0.25) is 0 Å². The minimum absolute atomic E-state index is 0.00307. The number of aliphatic hydroxyl groups is 1. The largest absolute Gasteiger partial charge is 0.398 e. The zero-order chi connectivity index (χ0) is 15.0. The summed E-state index contributed by atoms with van der Waals surface area (Å²) < 4.78 is 15.2. The highest BCUT2D eigenvalue weighted by molar-refractivity contribution is 5.98. The Kier molecular flexibility index (Phi) is 3.39. The third-order valence-electron chi connectivity index (χ3n) is 3.81.